The summed E-state index contributed by atoms with van der Waals surface area (Å²) in [5.41, 5.74) is 0.786. The van der Waals surface area contributed by atoms with E-state index in [1.807, 2.05) is 37.3 Å². The maximum absolute atomic E-state index is 11.8. The first-order chi connectivity index (χ1) is 9.52. The number of aliphatic carboxylic acids is 1. The highest BCUT2D eigenvalue weighted by atomic mass is 16.4. The van der Waals surface area contributed by atoms with E-state index in [4.69, 9.17) is 5.11 Å². The maximum Gasteiger partial charge on any atom is 0.315 e. The number of carbonyl (C=O) groups excluding carboxylic acids is 1. The quantitative estimate of drug-likeness (QED) is 0.717. The molecule has 0 aromatic heterocycles. The predicted molar refractivity (Wildman–Crippen MR) is 77.4 cm³/mol. The van der Waals surface area contributed by atoms with Crippen LogP contribution in [0.25, 0.3) is 0 Å². The van der Waals surface area contributed by atoms with Crippen molar-refractivity contribution >= 4 is 12.0 Å². The first kappa shape index (κ1) is 16.0. The summed E-state index contributed by atoms with van der Waals surface area (Å²) in [6, 6.07) is 8.26. The van der Waals surface area contributed by atoms with Crippen molar-refractivity contribution in [3.8, 4) is 0 Å². The zero-order chi connectivity index (χ0) is 15.0. The van der Waals surface area contributed by atoms with Crippen LogP contribution in [0.15, 0.2) is 30.3 Å². The average Bonchev–Trinajstić information content (AvgIpc) is 2.44. The molecule has 0 fully saturated rings. The summed E-state index contributed by atoms with van der Waals surface area (Å²) in [7, 11) is 0. The van der Waals surface area contributed by atoms with E-state index in [0.717, 1.165) is 12.0 Å². The minimum Gasteiger partial charge on any atom is -0.481 e. The largest absolute Gasteiger partial charge is 0.481 e. The molecular weight excluding hydrogens is 256 g/mol. The van der Waals surface area contributed by atoms with E-state index in [2.05, 4.69) is 17.6 Å². The zero-order valence-electron chi connectivity index (χ0n) is 11.9. The summed E-state index contributed by atoms with van der Waals surface area (Å²) in [5.74, 6) is -0.545. The fraction of sp³-hybridized carbons (Fsp3) is 0.467. The third-order valence-electron chi connectivity index (χ3n) is 3.19. The molecule has 0 aliphatic heterocycles. The molecule has 0 aliphatic carbocycles. The summed E-state index contributed by atoms with van der Waals surface area (Å²) in [5, 5.41) is 14.4. The SMILES string of the molecule is CCC(C)CNC(=O)NC(CC(=O)O)c1ccccc1. The van der Waals surface area contributed by atoms with Gasteiger partial charge in [0.25, 0.3) is 0 Å². The molecule has 0 bridgehead atoms. The highest BCUT2D eigenvalue weighted by Gasteiger charge is 2.17. The van der Waals surface area contributed by atoms with Crippen molar-refractivity contribution in [3.63, 3.8) is 0 Å². The first-order valence-corrected chi connectivity index (χ1v) is 6.84. The van der Waals surface area contributed by atoms with Crippen molar-refractivity contribution < 1.29 is 14.7 Å². The van der Waals surface area contributed by atoms with Gasteiger partial charge in [-0.3, -0.25) is 4.79 Å². The number of urea groups is 1. The predicted octanol–water partition coefficient (Wildman–Crippen LogP) is 2.55. The van der Waals surface area contributed by atoms with Crippen molar-refractivity contribution in [2.45, 2.75) is 32.7 Å². The van der Waals surface area contributed by atoms with Gasteiger partial charge in [-0.25, -0.2) is 4.79 Å². The van der Waals surface area contributed by atoms with E-state index in [9.17, 15) is 9.59 Å². The summed E-state index contributed by atoms with van der Waals surface area (Å²) >= 11 is 0. The number of carbonyl (C=O) groups is 2. The third-order valence-corrected chi connectivity index (χ3v) is 3.19. The second-order valence-corrected chi connectivity index (χ2v) is 4.93. The van der Waals surface area contributed by atoms with Crippen molar-refractivity contribution in [2.24, 2.45) is 5.92 Å². The minimum absolute atomic E-state index is 0.138. The van der Waals surface area contributed by atoms with E-state index in [1.165, 1.54) is 0 Å². The Kier molecular flexibility index (Phi) is 6.56. The molecule has 2 unspecified atom stereocenters. The number of carboxylic acids is 1. The molecule has 20 heavy (non-hydrogen) atoms. The van der Waals surface area contributed by atoms with Gasteiger partial charge in [-0.05, 0) is 11.5 Å². The van der Waals surface area contributed by atoms with Crippen LogP contribution in [0.2, 0.25) is 0 Å². The molecule has 2 amide bonds. The number of hydrogen-bond acceptors (Lipinski definition) is 2. The molecule has 110 valence electrons. The molecule has 1 rings (SSSR count). The molecule has 0 heterocycles. The van der Waals surface area contributed by atoms with E-state index < -0.39 is 12.0 Å². The fourth-order valence-electron chi connectivity index (χ4n) is 1.73. The molecule has 1 aromatic rings. The van der Waals surface area contributed by atoms with Crippen LogP contribution in [0, 0.1) is 5.92 Å². The molecule has 1 aromatic carbocycles. The topological polar surface area (TPSA) is 78.4 Å². The highest BCUT2D eigenvalue weighted by Crippen LogP contribution is 2.16. The third kappa shape index (κ3) is 5.73. The van der Waals surface area contributed by atoms with Crippen LogP contribution < -0.4 is 10.6 Å². The van der Waals surface area contributed by atoms with E-state index in [0.29, 0.717) is 12.5 Å². The Balaban J connectivity index is 2.61. The monoisotopic (exact) mass is 278 g/mol. The minimum atomic E-state index is -0.943. The van der Waals surface area contributed by atoms with Gasteiger partial charge in [0.1, 0.15) is 0 Å². The average molecular weight is 278 g/mol. The number of nitrogens with one attached hydrogen (secondary N) is 2. The number of carboxylic acid groups (broad SMARTS) is 1. The molecule has 0 saturated carbocycles. The molecular formula is C15H22N2O3. The summed E-state index contributed by atoms with van der Waals surface area (Å²) < 4.78 is 0. The summed E-state index contributed by atoms with van der Waals surface area (Å²) in [6.07, 6.45) is 0.846. The second-order valence-electron chi connectivity index (χ2n) is 4.93. The van der Waals surface area contributed by atoms with Crippen molar-refractivity contribution in [1.82, 2.24) is 10.6 Å². The molecule has 3 N–H and O–H groups in total. The van der Waals surface area contributed by atoms with Gasteiger partial charge in [0.2, 0.25) is 0 Å². The van der Waals surface area contributed by atoms with Gasteiger partial charge in [0.05, 0.1) is 12.5 Å². The lowest BCUT2D eigenvalue weighted by atomic mass is 10.0. The van der Waals surface area contributed by atoms with Gasteiger partial charge < -0.3 is 15.7 Å². The van der Waals surface area contributed by atoms with Gasteiger partial charge >= 0.3 is 12.0 Å². The molecule has 5 heteroatoms. The molecule has 5 nitrogen and oxygen atoms in total. The van der Waals surface area contributed by atoms with Gasteiger partial charge in [0.15, 0.2) is 0 Å². The first-order valence-electron chi connectivity index (χ1n) is 6.84. The number of rotatable bonds is 7. The smallest absolute Gasteiger partial charge is 0.315 e. The van der Waals surface area contributed by atoms with Gasteiger partial charge in [-0.15, -0.1) is 0 Å². The standard InChI is InChI=1S/C15H22N2O3/c1-3-11(2)10-16-15(20)17-13(9-14(18)19)12-7-5-4-6-8-12/h4-8,11,13H,3,9-10H2,1-2H3,(H,18,19)(H2,16,17,20). The van der Waals surface area contributed by atoms with Gasteiger partial charge in [-0.2, -0.15) is 0 Å². The second kappa shape index (κ2) is 8.19. The zero-order valence-corrected chi connectivity index (χ0v) is 11.9. The molecule has 2 atom stereocenters. The molecule has 0 aliphatic rings. The van der Waals surface area contributed by atoms with Gasteiger partial charge in [-0.1, -0.05) is 50.6 Å². The number of amides is 2. The van der Waals surface area contributed by atoms with Crippen LogP contribution in [-0.4, -0.2) is 23.7 Å². The van der Waals surface area contributed by atoms with Crippen molar-refractivity contribution in [3.05, 3.63) is 35.9 Å². The molecule has 0 saturated heterocycles. The Hall–Kier alpha value is -2.04. The van der Waals surface area contributed by atoms with Gasteiger partial charge in [0, 0.05) is 6.54 Å². The number of hydrogen-bond donors (Lipinski definition) is 3. The lowest BCUT2D eigenvalue weighted by Crippen LogP contribution is -2.40. The lowest BCUT2D eigenvalue weighted by molar-refractivity contribution is -0.137. The molecule has 0 spiro atoms. The normalized spacial score (nSPS) is 13.3. The summed E-state index contributed by atoms with van der Waals surface area (Å²) in [6.45, 7) is 4.69. The Morgan fingerprint density at radius 2 is 1.90 bits per heavy atom. The molecule has 0 radical (unpaired) electrons. The van der Waals surface area contributed by atoms with E-state index in [1.54, 1.807) is 0 Å². The van der Waals surface area contributed by atoms with Crippen LogP contribution in [0.4, 0.5) is 4.79 Å². The number of benzene rings is 1. The highest BCUT2D eigenvalue weighted by molar-refractivity contribution is 5.76. The fourth-order valence-corrected chi connectivity index (χ4v) is 1.73. The lowest BCUT2D eigenvalue weighted by Gasteiger charge is -2.18. The van der Waals surface area contributed by atoms with Crippen LogP contribution in [0.5, 0.6) is 0 Å². The van der Waals surface area contributed by atoms with Crippen LogP contribution in [0.3, 0.4) is 0 Å². The van der Waals surface area contributed by atoms with E-state index >= 15 is 0 Å². The Bertz CT molecular complexity index is 434. The Labute approximate surface area is 119 Å². The summed E-state index contributed by atoms with van der Waals surface area (Å²) in [4.78, 5) is 22.7. The van der Waals surface area contributed by atoms with Crippen LogP contribution in [-0.2, 0) is 4.79 Å². The van der Waals surface area contributed by atoms with Crippen LogP contribution in [0.1, 0.15) is 38.3 Å². The van der Waals surface area contributed by atoms with Crippen molar-refractivity contribution in [1.29, 1.82) is 0 Å². The Morgan fingerprint density at radius 3 is 2.45 bits per heavy atom. The van der Waals surface area contributed by atoms with Crippen molar-refractivity contribution in [2.75, 3.05) is 6.54 Å². The maximum atomic E-state index is 11.8. The van der Waals surface area contributed by atoms with Crippen LogP contribution >= 0.6 is 0 Å². The van der Waals surface area contributed by atoms with E-state index in [-0.39, 0.29) is 12.5 Å². The Morgan fingerprint density at radius 1 is 1.25 bits per heavy atom.